The summed E-state index contributed by atoms with van der Waals surface area (Å²) in [5.74, 6) is 0. The number of fused-ring (bicyclic) bond motifs is 2. The highest BCUT2D eigenvalue weighted by Gasteiger charge is 2.42. The molecule has 2 nitrogen and oxygen atoms in total. The molecule has 2 aliphatic heterocycles. The van der Waals surface area contributed by atoms with E-state index in [1.54, 1.807) is 0 Å². The van der Waals surface area contributed by atoms with Crippen LogP contribution < -0.4 is 0 Å². The van der Waals surface area contributed by atoms with Crippen LogP contribution in [0, 0.1) is 0 Å². The van der Waals surface area contributed by atoms with E-state index in [9.17, 15) is 0 Å². The van der Waals surface area contributed by atoms with E-state index in [0.29, 0.717) is 0 Å². The van der Waals surface area contributed by atoms with Crippen LogP contribution >= 0.6 is 0 Å². The predicted octanol–water partition coefficient (Wildman–Crippen LogP) is 2.36. The summed E-state index contributed by atoms with van der Waals surface area (Å²) < 4.78 is 0. The molecule has 0 N–H and O–H groups in total. The molecule has 1 aromatic carbocycles. The molecule has 2 atom stereocenters. The molecule has 2 heteroatoms. The lowest BCUT2D eigenvalue weighted by Crippen LogP contribution is -2.45. The molecule has 3 rings (SSSR count). The summed E-state index contributed by atoms with van der Waals surface area (Å²) in [6, 6.07) is 12.5. The minimum Gasteiger partial charge on any atom is -0.298 e. The van der Waals surface area contributed by atoms with Gasteiger partial charge in [0.1, 0.15) is 0 Å². The third-order valence-corrected chi connectivity index (χ3v) is 4.21. The molecular weight excluding hydrogens is 208 g/mol. The van der Waals surface area contributed by atoms with Crippen LogP contribution in [0.3, 0.4) is 0 Å². The van der Waals surface area contributed by atoms with Crippen LogP contribution in [0.15, 0.2) is 30.3 Å². The Morgan fingerprint density at radius 2 is 1.76 bits per heavy atom. The number of piperazine rings is 1. The lowest BCUT2D eigenvalue weighted by Gasteiger charge is -2.34. The van der Waals surface area contributed by atoms with E-state index in [-0.39, 0.29) is 0 Å². The summed E-state index contributed by atoms with van der Waals surface area (Å²) in [5, 5.41) is 0. The number of rotatable bonds is 4. The number of nitrogens with zero attached hydrogens (tertiary/aromatic N) is 2. The number of benzene rings is 1. The molecule has 17 heavy (non-hydrogen) atoms. The normalized spacial score (nSPS) is 29.0. The molecule has 2 saturated heterocycles. The highest BCUT2D eigenvalue weighted by Crippen LogP contribution is 2.31. The Balaban J connectivity index is 1.59. The SMILES string of the molecule is CCCN1CC2CC1CN2Cc1ccccc1. The van der Waals surface area contributed by atoms with Gasteiger partial charge in [0.15, 0.2) is 0 Å². The van der Waals surface area contributed by atoms with Gasteiger partial charge in [-0.2, -0.15) is 0 Å². The second-order valence-electron chi connectivity index (χ2n) is 5.45. The van der Waals surface area contributed by atoms with Crippen LogP contribution in [0.25, 0.3) is 0 Å². The molecule has 2 bridgehead atoms. The van der Waals surface area contributed by atoms with Crippen LogP contribution in [0.2, 0.25) is 0 Å². The molecule has 0 aliphatic carbocycles. The van der Waals surface area contributed by atoms with Gasteiger partial charge in [-0.3, -0.25) is 9.80 Å². The van der Waals surface area contributed by atoms with Crippen LogP contribution in [0.1, 0.15) is 25.3 Å². The lowest BCUT2D eigenvalue weighted by molar-refractivity contribution is 0.123. The molecule has 0 saturated carbocycles. The fourth-order valence-corrected chi connectivity index (χ4v) is 3.40. The average molecular weight is 230 g/mol. The zero-order valence-corrected chi connectivity index (χ0v) is 10.7. The van der Waals surface area contributed by atoms with E-state index in [4.69, 9.17) is 0 Å². The van der Waals surface area contributed by atoms with Crippen molar-refractivity contribution in [3.8, 4) is 0 Å². The van der Waals surface area contributed by atoms with Crippen molar-refractivity contribution in [2.75, 3.05) is 19.6 Å². The summed E-state index contributed by atoms with van der Waals surface area (Å²) in [7, 11) is 0. The smallest absolute Gasteiger partial charge is 0.0242 e. The van der Waals surface area contributed by atoms with Crippen LogP contribution in [0.5, 0.6) is 0 Å². The van der Waals surface area contributed by atoms with Gasteiger partial charge < -0.3 is 0 Å². The first-order valence-corrected chi connectivity index (χ1v) is 6.89. The largest absolute Gasteiger partial charge is 0.298 e. The van der Waals surface area contributed by atoms with Crippen molar-refractivity contribution >= 4 is 0 Å². The van der Waals surface area contributed by atoms with Crippen LogP contribution in [0.4, 0.5) is 0 Å². The monoisotopic (exact) mass is 230 g/mol. The van der Waals surface area contributed by atoms with Gasteiger partial charge in [-0.05, 0) is 24.9 Å². The van der Waals surface area contributed by atoms with Gasteiger partial charge in [0, 0.05) is 31.7 Å². The fraction of sp³-hybridized carbons (Fsp3) is 0.600. The highest BCUT2D eigenvalue weighted by molar-refractivity contribution is 5.15. The average Bonchev–Trinajstić information content (AvgIpc) is 2.90. The Labute approximate surface area is 104 Å². The molecule has 2 heterocycles. The molecule has 2 unspecified atom stereocenters. The molecular formula is C15H22N2. The molecule has 92 valence electrons. The summed E-state index contributed by atoms with van der Waals surface area (Å²) in [4.78, 5) is 5.36. The van der Waals surface area contributed by atoms with Crippen LogP contribution in [-0.2, 0) is 6.54 Å². The molecule has 0 spiro atoms. The van der Waals surface area contributed by atoms with Gasteiger partial charge >= 0.3 is 0 Å². The topological polar surface area (TPSA) is 6.48 Å². The standard InChI is InChI=1S/C15H22N2/c1-2-8-16-11-15-9-14(16)12-17(15)10-13-6-4-3-5-7-13/h3-7,14-15H,2,8-12H2,1H3. The first-order valence-electron chi connectivity index (χ1n) is 6.89. The Bertz CT molecular complexity index is 362. The van der Waals surface area contributed by atoms with Crippen molar-refractivity contribution in [1.29, 1.82) is 0 Å². The van der Waals surface area contributed by atoms with Gasteiger partial charge in [-0.25, -0.2) is 0 Å². The maximum Gasteiger partial charge on any atom is 0.0242 e. The maximum atomic E-state index is 2.69. The fourth-order valence-electron chi connectivity index (χ4n) is 3.40. The Morgan fingerprint density at radius 3 is 2.41 bits per heavy atom. The van der Waals surface area contributed by atoms with Crippen molar-refractivity contribution in [3.05, 3.63) is 35.9 Å². The van der Waals surface area contributed by atoms with Gasteiger partial charge in [-0.15, -0.1) is 0 Å². The van der Waals surface area contributed by atoms with E-state index in [2.05, 4.69) is 47.1 Å². The van der Waals surface area contributed by atoms with Gasteiger partial charge in [-0.1, -0.05) is 37.3 Å². The van der Waals surface area contributed by atoms with Gasteiger partial charge in [0.05, 0.1) is 0 Å². The van der Waals surface area contributed by atoms with Crippen molar-refractivity contribution < 1.29 is 0 Å². The molecule has 2 fully saturated rings. The lowest BCUT2D eigenvalue weighted by atomic mass is 10.2. The minimum atomic E-state index is 0.812. The third-order valence-electron chi connectivity index (χ3n) is 4.21. The zero-order valence-electron chi connectivity index (χ0n) is 10.7. The Kier molecular flexibility index (Phi) is 3.17. The summed E-state index contributed by atoms with van der Waals surface area (Å²) >= 11 is 0. The minimum absolute atomic E-state index is 0.812. The third kappa shape index (κ3) is 2.24. The maximum absolute atomic E-state index is 2.69. The van der Waals surface area contributed by atoms with Crippen molar-refractivity contribution in [1.82, 2.24) is 9.80 Å². The van der Waals surface area contributed by atoms with Gasteiger partial charge in [0.2, 0.25) is 0 Å². The van der Waals surface area contributed by atoms with Crippen LogP contribution in [-0.4, -0.2) is 41.5 Å². The highest BCUT2D eigenvalue weighted by atomic mass is 15.3. The number of likely N-dealkylation sites (tertiary alicyclic amines) is 2. The predicted molar refractivity (Wildman–Crippen MR) is 70.9 cm³/mol. The zero-order chi connectivity index (χ0) is 11.7. The second-order valence-corrected chi connectivity index (χ2v) is 5.45. The van der Waals surface area contributed by atoms with Crippen molar-refractivity contribution in [2.24, 2.45) is 0 Å². The number of hydrogen-bond acceptors (Lipinski definition) is 2. The van der Waals surface area contributed by atoms with Gasteiger partial charge in [0.25, 0.3) is 0 Å². The molecule has 0 radical (unpaired) electrons. The van der Waals surface area contributed by atoms with E-state index >= 15 is 0 Å². The molecule has 1 aromatic rings. The first-order chi connectivity index (χ1) is 8.36. The summed E-state index contributed by atoms with van der Waals surface area (Å²) in [6.07, 6.45) is 2.69. The van der Waals surface area contributed by atoms with E-state index in [1.807, 2.05) is 0 Å². The number of hydrogen-bond donors (Lipinski definition) is 0. The quantitative estimate of drug-likeness (QED) is 0.783. The van der Waals surface area contributed by atoms with E-state index in [1.165, 1.54) is 38.0 Å². The second kappa shape index (κ2) is 4.79. The summed E-state index contributed by atoms with van der Waals surface area (Å²) in [5.41, 5.74) is 1.46. The molecule has 0 amide bonds. The molecule has 2 aliphatic rings. The molecule has 0 aromatic heterocycles. The van der Waals surface area contributed by atoms with Crippen molar-refractivity contribution in [2.45, 2.75) is 38.4 Å². The Morgan fingerprint density at radius 1 is 1.06 bits per heavy atom. The van der Waals surface area contributed by atoms with E-state index < -0.39 is 0 Å². The summed E-state index contributed by atoms with van der Waals surface area (Å²) in [6.45, 7) is 7.29. The van der Waals surface area contributed by atoms with Crippen molar-refractivity contribution in [3.63, 3.8) is 0 Å². The first kappa shape index (κ1) is 11.2. The Hall–Kier alpha value is -0.860. The van der Waals surface area contributed by atoms with E-state index in [0.717, 1.165) is 18.6 Å².